The van der Waals surface area contributed by atoms with Crippen LogP contribution in [0.3, 0.4) is 0 Å². The Bertz CT molecular complexity index is 1160. The summed E-state index contributed by atoms with van der Waals surface area (Å²) in [6, 6.07) is 6.70. The third-order valence-electron chi connectivity index (χ3n) is 7.15. The maximum atomic E-state index is 15.4. The number of amides is 1. The maximum absolute atomic E-state index is 15.4. The lowest BCUT2D eigenvalue weighted by atomic mass is 9.73. The van der Waals surface area contributed by atoms with Crippen molar-refractivity contribution >= 4 is 34.8 Å². The number of benzene rings is 2. The normalized spacial score (nSPS) is 29.8. The van der Waals surface area contributed by atoms with Gasteiger partial charge in [-0.05, 0) is 43.9 Å². The topological polar surface area (TPSA) is 95.7 Å². The van der Waals surface area contributed by atoms with E-state index >= 15 is 4.39 Å². The van der Waals surface area contributed by atoms with Crippen LogP contribution < -0.4 is 5.32 Å². The van der Waals surface area contributed by atoms with E-state index in [2.05, 4.69) is 5.32 Å². The van der Waals surface area contributed by atoms with Crippen LogP contribution in [0.2, 0.25) is 10.0 Å². The zero-order valence-electron chi connectivity index (χ0n) is 17.7. The highest BCUT2D eigenvalue weighted by Crippen LogP contribution is 2.59. The third-order valence-corrected chi connectivity index (χ3v) is 7.67. The molecule has 0 bridgehead atoms. The standard InChI is InChI=1S/C23H22Cl2FN3O4/c1-11(30)20-21(29(32)33)18(14-3-2-4-16(25)19(14)26)23(28(20)10-12-5-6-12)15-8-7-13(24)9-17(15)27-22(23)31/h2-4,7-9,11-12,18,20-21,30H,5-6,10H2,1H3,(H,27,31)/t11-,18-,20-,21-,23+/m1/s1. The fourth-order valence-electron chi connectivity index (χ4n) is 5.73. The molecule has 174 valence electrons. The van der Waals surface area contributed by atoms with Gasteiger partial charge in [0.1, 0.15) is 17.4 Å². The highest BCUT2D eigenvalue weighted by molar-refractivity contribution is 6.31. The van der Waals surface area contributed by atoms with Gasteiger partial charge >= 0.3 is 0 Å². The Kier molecular flexibility index (Phi) is 5.40. The van der Waals surface area contributed by atoms with Crippen molar-refractivity contribution in [2.75, 3.05) is 11.9 Å². The number of nitrogens with zero attached hydrogens (tertiary/aromatic N) is 2. The Morgan fingerprint density at radius 1 is 1.33 bits per heavy atom. The second-order valence-electron chi connectivity index (χ2n) is 9.13. The van der Waals surface area contributed by atoms with Crippen LogP contribution >= 0.6 is 23.2 Å². The van der Waals surface area contributed by atoms with E-state index in [-0.39, 0.29) is 16.5 Å². The van der Waals surface area contributed by atoms with Crippen LogP contribution in [-0.4, -0.2) is 45.6 Å². The summed E-state index contributed by atoms with van der Waals surface area (Å²) in [6.45, 7) is 1.84. The molecule has 2 aromatic rings. The minimum Gasteiger partial charge on any atom is -0.392 e. The summed E-state index contributed by atoms with van der Waals surface area (Å²) in [4.78, 5) is 27.6. The Morgan fingerprint density at radius 3 is 2.70 bits per heavy atom. The molecule has 2 N–H and O–H groups in total. The number of carbonyl (C=O) groups is 1. The van der Waals surface area contributed by atoms with E-state index in [0.717, 1.165) is 12.8 Å². The number of aliphatic hydroxyl groups is 1. The minimum atomic E-state index is -1.60. The van der Waals surface area contributed by atoms with Crippen LogP contribution in [0.5, 0.6) is 0 Å². The van der Waals surface area contributed by atoms with Crippen LogP contribution in [-0.2, 0) is 10.3 Å². The van der Waals surface area contributed by atoms with Crippen LogP contribution in [0.25, 0.3) is 0 Å². The van der Waals surface area contributed by atoms with Crippen molar-refractivity contribution in [3.63, 3.8) is 0 Å². The predicted molar refractivity (Wildman–Crippen MR) is 122 cm³/mol. The summed E-state index contributed by atoms with van der Waals surface area (Å²) in [6.07, 6.45) is 0.702. The highest BCUT2D eigenvalue weighted by atomic mass is 35.5. The number of likely N-dealkylation sites (tertiary alicyclic amines) is 1. The number of hydrogen-bond acceptors (Lipinski definition) is 5. The number of carbonyl (C=O) groups excluding carboxylic acids is 1. The molecule has 2 fully saturated rings. The van der Waals surface area contributed by atoms with Crippen molar-refractivity contribution in [1.82, 2.24) is 4.90 Å². The Morgan fingerprint density at radius 2 is 2.06 bits per heavy atom. The van der Waals surface area contributed by atoms with Crippen LogP contribution in [0.15, 0.2) is 36.4 Å². The van der Waals surface area contributed by atoms with Gasteiger partial charge in [0.05, 0.1) is 17.0 Å². The van der Waals surface area contributed by atoms with Crippen LogP contribution in [0.4, 0.5) is 10.1 Å². The molecule has 2 aliphatic heterocycles. The molecule has 2 aromatic carbocycles. The number of nitro groups is 1. The van der Waals surface area contributed by atoms with Gasteiger partial charge in [0.25, 0.3) is 5.91 Å². The summed E-state index contributed by atoms with van der Waals surface area (Å²) in [7, 11) is 0. The zero-order valence-corrected chi connectivity index (χ0v) is 19.2. The van der Waals surface area contributed by atoms with Crippen molar-refractivity contribution in [1.29, 1.82) is 0 Å². The largest absolute Gasteiger partial charge is 0.392 e. The number of nitrogens with one attached hydrogen (secondary N) is 1. The molecule has 0 radical (unpaired) electrons. The second kappa shape index (κ2) is 7.91. The molecule has 5 rings (SSSR count). The SMILES string of the molecule is C[C@@H](O)[C@@H]1[C@H]([N+](=O)[O-])[C@@H](c2cccc(Cl)c2F)[C@@]2(C(=O)Nc3cc(Cl)ccc32)N1CC1CC1. The van der Waals surface area contributed by atoms with E-state index in [9.17, 15) is 20.0 Å². The summed E-state index contributed by atoms with van der Waals surface area (Å²) in [5.41, 5.74) is -0.718. The molecule has 33 heavy (non-hydrogen) atoms. The lowest BCUT2D eigenvalue weighted by Crippen LogP contribution is -2.54. The molecule has 7 nitrogen and oxygen atoms in total. The van der Waals surface area contributed by atoms with Gasteiger partial charge in [-0.3, -0.25) is 19.8 Å². The fourth-order valence-corrected chi connectivity index (χ4v) is 6.09. The fraction of sp³-hybridized carbons (Fsp3) is 0.435. The van der Waals surface area contributed by atoms with Crippen LogP contribution in [0.1, 0.15) is 36.8 Å². The van der Waals surface area contributed by atoms with E-state index in [1.165, 1.54) is 25.1 Å². The first-order valence-electron chi connectivity index (χ1n) is 10.8. The Labute approximate surface area is 199 Å². The molecule has 0 aromatic heterocycles. The molecule has 0 unspecified atom stereocenters. The molecule has 2 heterocycles. The number of aliphatic hydroxyl groups excluding tert-OH is 1. The summed E-state index contributed by atoms with van der Waals surface area (Å²) >= 11 is 12.2. The number of hydrogen-bond donors (Lipinski definition) is 2. The first-order chi connectivity index (χ1) is 15.7. The zero-order chi connectivity index (χ0) is 23.7. The molecule has 1 amide bonds. The maximum Gasteiger partial charge on any atom is 0.250 e. The van der Waals surface area contributed by atoms with E-state index in [0.29, 0.717) is 22.8 Å². The summed E-state index contributed by atoms with van der Waals surface area (Å²) < 4.78 is 15.4. The quantitative estimate of drug-likeness (QED) is 0.480. The molecule has 1 aliphatic carbocycles. The van der Waals surface area contributed by atoms with Crippen molar-refractivity contribution in [3.05, 3.63) is 73.5 Å². The van der Waals surface area contributed by atoms with Gasteiger partial charge in [0, 0.05) is 33.3 Å². The van der Waals surface area contributed by atoms with Gasteiger partial charge < -0.3 is 10.4 Å². The first kappa shape index (κ1) is 22.5. The Balaban J connectivity index is 1.85. The molecule has 5 atom stereocenters. The van der Waals surface area contributed by atoms with Crippen LogP contribution in [0, 0.1) is 21.8 Å². The van der Waals surface area contributed by atoms with E-state index in [1.807, 2.05) is 0 Å². The monoisotopic (exact) mass is 493 g/mol. The third kappa shape index (κ3) is 3.26. The van der Waals surface area contributed by atoms with E-state index in [4.69, 9.17) is 23.2 Å². The molecule has 1 saturated heterocycles. The van der Waals surface area contributed by atoms with Crippen molar-refractivity contribution in [2.24, 2.45) is 5.92 Å². The average molecular weight is 494 g/mol. The molecule has 1 spiro atoms. The van der Waals surface area contributed by atoms with E-state index in [1.54, 1.807) is 23.1 Å². The number of fused-ring (bicyclic) bond motifs is 2. The van der Waals surface area contributed by atoms with E-state index < -0.39 is 46.3 Å². The molecule has 1 saturated carbocycles. The average Bonchev–Trinajstić information content (AvgIpc) is 3.45. The smallest absolute Gasteiger partial charge is 0.250 e. The summed E-state index contributed by atoms with van der Waals surface area (Å²) in [5.74, 6) is -2.29. The minimum absolute atomic E-state index is 0.0221. The number of rotatable bonds is 5. The molecule has 3 aliphatic rings. The van der Waals surface area contributed by atoms with Crippen molar-refractivity contribution in [2.45, 2.75) is 49.4 Å². The molecular formula is C23H22Cl2FN3O4. The number of anilines is 1. The highest BCUT2D eigenvalue weighted by Gasteiger charge is 2.72. The Hall–Kier alpha value is -2.26. The second-order valence-corrected chi connectivity index (χ2v) is 9.98. The number of halogens is 3. The van der Waals surface area contributed by atoms with Crippen molar-refractivity contribution in [3.8, 4) is 0 Å². The molecular weight excluding hydrogens is 472 g/mol. The first-order valence-corrected chi connectivity index (χ1v) is 11.6. The lowest BCUT2D eigenvalue weighted by molar-refractivity contribution is -0.530. The van der Waals surface area contributed by atoms with Gasteiger partial charge in [-0.1, -0.05) is 41.4 Å². The van der Waals surface area contributed by atoms with Gasteiger partial charge in [-0.2, -0.15) is 0 Å². The van der Waals surface area contributed by atoms with Gasteiger partial charge in [0.15, 0.2) is 0 Å². The predicted octanol–water partition coefficient (Wildman–Crippen LogP) is 4.18. The van der Waals surface area contributed by atoms with Gasteiger partial charge in [-0.15, -0.1) is 0 Å². The lowest BCUT2D eigenvalue weighted by Gasteiger charge is -2.39. The van der Waals surface area contributed by atoms with Crippen molar-refractivity contribution < 1.29 is 19.2 Å². The van der Waals surface area contributed by atoms with Gasteiger partial charge in [0.2, 0.25) is 6.04 Å². The van der Waals surface area contributed by atoms with Gasteiger partial charge in [-0.25, -0.2) is 4.39 Å². The summed E-state index contributed by atoms with van der Waals surface area (Å²) in [5, 5.41) is 26.3. The molecule has 10 heteroatoms.